The molecule has 2 aromatic carbocycles. The third-order valence-electron chi connectivity index (χ3n) is 7.38. The number of fused-ring (bicyclic) bond motifs is 4. The smallest absolute Gasteiger partial charge is 0.336 e. The van der Waals surface area contributed by atoms with Gasteiger partial charge >= 0.3 is 5.63 Å². The average molecular weight is 529 g/mol. The summed E-state index contributed by atoms with van der Waals surface area (Å²) < 4.78 is 7.42. The van der Waals surface area contributed by atoms with Crippen molar-refractivity contribution in [2.45, 2.75) is 63.4 Å². The van der Waals surface area contributed by atoms with Crippen LogP contribution in [0.15, 0.2) is 67.7 Å². The molecule has 0 fully saturated rings. The molecule has 0 bridgehead atoms. The number of hydrogen-bond donors (Lipinski definition) is 0. The Morgan fingerprint density at radius 2 is 1.86 bits per heavy atom. The zero-order chi connectivity index (χ0) is 25.5. The Balaban J connectivity index is 1.42. The number of benzene rings is 2. The molecule has 6 rings (SSSR count). The molecule has 0 aliphatic heterocycles. The first-order valence-corrected chi connectivity index (χ1v) is 14.5. The van der Waals surface area contributed by atoms with Crippen molar-refractivity contribution in [2.24, 2.45) is 0 Å². The van der Waals surface area contributed by atoms with Gasteiger partial charge in [0, 0.05) is 28.6 Å². The minimum Gasteiger partial charge on any atom is -0.422 e. The summed E-state index contributed by atoms with van der Waals surface area (Å²) in [6.45, 7) is 4.56. The van der Waals surface area contributed by atoms with Crippen molar-refractivity contribution in [3.05, 3.63) is 102 Å². The van der Waals surface area contributed by atoms with E-state index in [1.54, 1.807) is 17.4 Å². The lowest BCUT2D eigenvalue weighted by molar-refractivity contribution is 0.557. The van der Waals surface area contributed by atoms with E-state index >= 15 is 0 Å². The average Bonchev–Trinajstić information content (AvgIpc) is 3.28. The van der Waals surface area contributed by atoms with E-state index < -0.39 is 0 Å². The highest BCUT2D eigenvalue weighted by molar-refractivity contribution is 7.98. The second-order valence-corrected chi connectivity index (χ2v) is 11.8. The first-order valence-electron chi connectivity index (χ1n) is 12.7. The molecule has 0 unspecified atom stereocenters. The van der Waals surface area contributed by atoms with Gasteiger partial charge < -0.3 is 4.42 Å². The highest BCUT2D eigenvalue weighted by Gasteiger charge is 2.22. The maximum Gasteiger partial charge on any atom is 0.336 e. The van der Waals surface area contributed by atoms with Gasteiger partial charge in [0.2, 0.25) is 0 Å². The van der Waals surface area contributed by atoms with Gasteiger partial charge in [0.15, 0.2) is 5.16 Å². The van der Waals surface area contributed by atoms with Gasteiger partial charge in [-0.1, -0.05) is 54.2 Å². The van der Waals surface area contributed by atoms with Crippen LogP contribution >= 0.6 is 23.1 Å². The number of nitrogens with zero attached hydrogens (tertiary/aromatic N) is 2. The van der Waals surface area contributed by atoms with Crippen LogP contribution in [0.5, 0.6) is 0 Å². The lowest BCUT2D eigenvalue weighted by Crippen LogP contribution is -2.24. The van der Waals surface area contributed by atoms with E-state index in [1.807, 2.05) is 42.7 Å². The van der Waals surface area contributed by atoms with Gasteiger partial charge in [0.05, 0.1) is 5.39 Å². The highest BCUT2D eigenvalue weighted by Crippen LogP contribution is 2.35. The van der Waals surface area contributed by atoms with Crippen molar-refractivity contribution in [2.75, 3.05) is 0 Å². The fraction of sp³-hybridized carbons (Fsp3) is 0.300. The van der Waals surface area contributed by atoms with Crippen LogP contribution in [0.1, 0.15) is 45.5 Å². The van der Waals surface area contributed by atoms with Crippen molar-refractivity contribution in [1.29, 1.82) is 0 Å². The highest BCUT2D eigenvalue weighted by atomic mass is 32.2. The number of thiophene rings is 1. The molecule has 0 spiro atoms. The third kappa shape index (κ3) is 4.55. The minimum absolute atomic E-state index is 0.0618. The maximum atomic E-state index is 13.9. The maximum absolute atomic E-state index is 13.9. The third-order valence-corrected chi connectivity index (χ3v) is 9.59. The van der Waals surface area contributed by atoms with Crippen molar-refractivity contribution >= 4 is 44.3 Å². The molecule has 5 aromatic rings. The van der Waals surface area contributed by atoms with Crippen LogP contribution < -0.4 is 11.2 Å². The van der Waals surface area contributed by atoms with E-state index in [-0.39, 0.29) is 11.2 Å². The Labute approximate surface area is 223 Å². The summed E-state index contributed by atoms with van der Waals surface area (Å²) in [6, 6.07) is 15.9. The first-order chi connectivity index (χ1) is 18.0. The molecule has 7 heteroatoms. The Morgan fingerprint density at radius 3 is 2.70 bits per heavy atom. The molecule has 37 heavy (non-hydrogen) atoms. The zero-order valence-corrected chi connectivity index (χ0v) is 22.6. The summed E-state index contributed by atoms with van der Waals surface area (Å²) in [6.07, 6.45) is 5.05. The van der Waals surface area contributed by atoms with E-state index in [0.717, 1.165) is 58.0 Å². The quantitative estimate of drug-likeness (QED) is 0.141. The van der Waals surface area contributed by atoms with Gasteiger partial charge in [0.25, 0.3) is 5.56 Å². The van der Waals surface area contributed by atoms with Gasteiger partial charge in [-0.2, -0.15) is 0 Å². The second-order valence-electron chi connectivity index (χ2n) is 9.74. The predicted molar refractivity (Wildman–Crippen MR) is 152 cm³/mol. The molecule has 3 heterocycles. The Morgan fingerprint density at radius 1 is 1.05 bits per heavy atom. The second kappa shape index (κ2) is 9.95. The number of rotatable bonds is 6. The van der Waals surface area contributed by atoms with Crippen molar-refractivity contribution in [1.82, 2.24) is 9.55 Å². The molecule has 0 saturated carbocycles. The normalized spacial score (nSPS) is 13.4. The van der Waals surface area contributed by atoms with Crippen LogP contribution in [0.4, 0.5) is 0 Å². The molecular formula is C30H28N2O3S2. The lowest BCUT2D eigenvalue weighted by atomic mass is 9.97. The number of aryl methyl sites for hydroxylation is 5. The van der Waals surface area contributed by atoms with E-state index in [0.29, 0.717) is 23.0 Å². The predicted octanol–water partition coefficient (Wildman–Crippen LogP) is 6.60. The van der Waals surface area contributed by atoms with Crippen molar-refractivity contribution in [3.8, 4) is 0 Å². The fourth-order valence-electron chi connectivity index (χ4n) is 5.20. The van der Waals surface area contributed by atoms with Crippen LogP contribution in [0.25, 0.3) is 21.2 Å². The van der Waals surface area contributed by atoms with Gasteiger partial charge in [0.1, 0.15) is 10.4 Å². The van der Waals surface area contributed by atoms with Crippen LogP contribution in [0.3, 0.4) is 0 Å². The fourth-order valence-corrected chi connectivity index (χ4v) is 7.52. The molecule has 0 radical (unpaired) electrons. The molecule has 1 aliphatic carbocycles. The van der Waals surface area contributed by atoms with Gasteiger partial charge in [-0.15, -0.1) is 11.3 Å². The van der Waals surface area contributed by atoms with E-state index in [4.69, 9.17) is 9.40 Å². The Hall–Kier alpha value is -3.16. The molecule has 0 N–H and O–H groups in total. The molecule has 0 saturated heterocycles. The largest absolute Gasteiger partial charge is 0.422 e. The Kier molecular flexibility index (Phi) is 6.51. The molecule has 3 aromatic heterocycles. The van der Waals surface area contributed by atoms with Crippen LogP contribution in [-0.4, -0.2) is 9.55 Å². The van der Waals surface area contributed by atoms with Crippen molar-refractivity contribution in [3.63, 3.8) is 0 Å². The SMILES string of the molecule is Cc1ccc2c(CSc3nc4sc5c(c4c(=O)n3CCc3ccccc3)CCCC5)cc(=O)oc2c1C. The van der Waals surface area contributed by atoms with E-state index in [1.165, 1.54) is 34.2 Å². The molecular weight excluding hydrogens is 500 g/mol. The lowest BCUT2D eigenvalue weighted by Gasteiger charge is -2.14. The van der Waals surface area contributed by atoms with Gasteiger partial charge in [-0.25, -0.2) is 9.78 Å². The molecule has 5 nitrogen and oxygen atoms in total. The number of hydrogen-bond acceptors (Lipinski definition) is 6. The standard InChI is InChI=1S/C30H28N2O3S2/c1-18-12-13-22-21(16-25(33)35-27(22)19(18)2)17-36-30-31-28-26(23-10-6-7-11-24(23)37-28)29(34)32(30)15-14-20-8-4-3-5-9-20/h3-5,8-9,12-13,16H,6-7,10-11,14-15,17H2,1-2H3. The summed E-state index contributed by atoms with van der Waals surface area (Å²) in [4.78, 5) is 33.5. The van der Waals surface area contributed by atoms with E-state index in [9.17, 15) is 9.59 Å². The van der Waals surface area contributed by atoms with Crippen molar-refractivity contribution < 1.29 is 4.42 Å². The van der Waals surface area contributed by atoms with Crippen LogP contribution in [-0.2, 0) is 31.6 Å². The van der Waals surface area contributed by atoms with E-state index in [2.05, 4.69) is 18.2 Å². The molecule has 188 valence electrons. The summed E-state index contributed by atoms with van der Waals surface area (Å²) >= 11 is 3.20. The van der Waals surface area contributed by atoms with Crippen LogP contribution in [0.2, 0.25) is 0 Å². The van der Waals surface area contributed by atoms with Gasteiger partial charge in [-0.3, -0.25) is 9.36 Å². The van der Waals surface area contributed by atoms with Crippen LogP contribution in [0, 0.1) is 13.8 Å². The summed E-state index contributed by atoms with van der Waals surface area (Å²) in [5.74, 6) is 0.527. The van der Waals surface area contributed by atoms with Gasteiger partial charge in [-0.05, 0) is 73.8 Å². The summed E-state index contributed by atoms with van der Waals surface area (Å²) in [5.41, 5.74) is 5.71. The number of aromatic nitrogens is 2. The molecule has 0 atom stereocenters. The zero-order valence-electron chi connectivity index (χ0n) is 21.0. The topological polar surface area (TPSA) is 65.1 Å². The summed E-state index contributed by atoms with van der Waals surface area (Å²) in [7, 11) is 0. The summed E-state index contributed by atoms with van der Waals surface area (Å²) in [5, 5.41) is 2.45. The minimum atomic E-state index is -0.354. The first kappa shape index (κ1) is 24.2. The molecule has 1 aliphatic rings. The number of thioether (sulfide) groups is 1. The monoisotopic (exact) mass is 528 g/mol. The Bertz CT molecular complexity index is 1750. The molecule has 0 amide bonds.